The van der Waals surface area contributed by atoms with Gasteiger partial charge in [0, 0.05) is 26.3 Å². The average Bonchev–Trinajstić information content (AvgIpc) is 2.40. The Labute approximate surface area is 126 Å². The molecule has 0 aliphatic rings. The Hall–Kier alpha value is -1.44. The maximum absolute atomic E-state index is 12.2. The van der Waals surface area contributed by atoms with Crippen molar-refractivity contribution in [2.75, 3.05) is 26.0 Å². The van der Waals surface area contributed by atoms with Crippen LogP contribution in [-0.2, 0) is 14.8 Å². The number of nitrogens with one attached hydrogen (secondary N) is 1. The van der Waals surface area contributed by atoms with Gasteiger partial charge in [0.15, 0.2) is 0 Å². The molecule has 0 unspecified atom stereocenters. The van der Waals surface area contributed by atoms with E-state index < -0.39 is 15.4 Å². The van der Waals surface area contributed by atoms with E-state index in [0.29, 0.717) is 5.69 Å². The summed E-state index contributed by atoms with van der Waals surface area (Å²) in [7, 11) is -0.609. The van der Waals surface area contributed by atoms with Crippen molar-refractivity contribution in [3.63, 3.8) is 0 Å². The zero-order valence-electron chi connectivity index (χ0n) is 13.1. The molecule has 0 heterocycles. The van der Waals surface area contributed by atoms with Gasteiger partial charge in [0.05, 0.1) is 10.3 Å². The number of nitrogens with two attached hydrogens (primary N) is 1. The van der Waals surface area contributed by atoms with E-state index in [1.807, 2.05) is 0 Å². The molecular weight excluding hydrogens is 290 g/mol. The van der Waals surface area contributed by atoms with Gasteiger partial charge >= 0.3 is 0 Å². The van der Waals surface area contributed by atoms with E-state index in [4.69, 9.17) is 5.73 Å². The lowest BCUT2D eigenvalue weighted by Gasteiger charge is -2.22. The summed E-state index contributed by atoms with van der Waals surface area (Å²) in [6, 6.07) is 4.66. The Morgan fingerprint density at radius 2 is 1.90 bits per heavy atom. The average molecular weight is 313 g/mol. The van der Waals surface area contributed by atoms with Gasteiger partial charge < -0.3 is 11.1 Å². The Kier molecular flexibility index (Phi) is 5.14. The van der Waals surface area contributed by atoms with Crippen LogP contribution in [0.3, 0.4) is 0 Å². The summed E-state index contributed by atoms with van der Waals surface area (Å²) in [5.74, 6) is -0.243. The Balaban J connectivity index is 3.19. The predicted octanol–water partition coefficient (Wildman–Crippen LogP) is 1.17. The number of hydrogen-bond donors (Lipinski definition) is 2. The van der Waals surface area contributed by atoms with Gasteiger partial charge in [0.25, 0.3) is 0 Å². The molecule has 0 spiro atoms. The molecule has 1 amide bonds. The summed E-state index contributed by atoms with van der Waals surface area (Å²) >= 11 is 0. The van der Waals surface area contributed by atoms with Gasteiger partial charge in [-0.15, -0.1) is 0 Å². The van der Waals surface area contributed by atoms with E-state index in [1.54, 1.807) is 26.8 Å². The van der Waals surface area contributed by atoms with Crippen molar-refractivity contribution in [1.82, 2.24) is 4.31 Å². The number of carbonyl (C=O) groups is 1. The normalized spacial score (nSPS) is 12.5. The molecule has 1 aromatic rings. The maximum Gasteiger partial charge on any atom is 0.242 e. The lowest BCUT2D eigenvalue weighted by atomic mass is 9.92. The SMILES string of the molecule is Cc1ccc(S(=O)(=O)N(C)C)cc1NC(=O)C(C)(C)CN. The highest BCUT2D eigenvalue weighted by molar-refractivity contribution is 7.89. The van der Waals surface area contributed by atoms with Crippen LogP contribution in [0.2, 0.25) is 0 Å². The Morgan fingerprint density at radius 1 is 1.33 bits per heavy atom. The number of anilines is 1. The maximum atomic E-state index is 12.2. The quantitative estimate of drug-likeness (QED) is 0.853. The standard InChI is InChI=1S/C14H23N3O3S/c1-10-6-7-11(21(19,20)17(4)5)8-12(10)16-13(18)14(2,3)9-15/h6-8H,9,15H2,1-5H3,(H,16,18). The Morgan fingerprint density at radius 3 is 2.38 bits per heavy atom. The van der Waals surface area contributed by atoms with Crippen LogP contribution in [0.1, 0.15) is 19.4 Å². The fraction of sp³-hybridized carbons (Fsp3) is 0.500. The number of amides is 1. The minimum atomic E-state index is -3.54. The van der Waals surface area contributed by atoms with E-state index >= 15 is 0 Å². The highest BCUT2D eigenvalue weighted by Gasteiger charge is 2.26. The molecule has 0 aliphatic carbocycles. The van der Waals surface area contributed by atoms with Crippen LogP contribution in [0, 0.1) is 12.3 Å². The second-order valence-corrected chi connectivity index (χ2v) is 7.96. The minimum absolute atomic E-state index is 0.138. The molecular formula is C14H23N3O3S. The molecule has 0 aliphatic heterocycles. The number of aryl methyl sites for hydroxylation is 1. The van der Waals surface area contributed by atoms with Crippen molar-refractivity contribution in [3.05, 3.63) is 23.8 Å². The molecule has 0 fully saturated rings. The van der Waals surface area contributed by atoms with Crippen LogP contribution in [-0.4, -0.2) is 39.3 Å². The van der Waals surface area contributed by atoms with Crippen molar-refractivity contribution in [2.45, 2.75) is 25.7 Å². The third-order valence-electron chi connectivity index (χ3n) is 3.36. The number of rotatable bonds is 5. The predicted molar refractivity (Wildman–Crippen MR) is 83.5 cm³/mol. The first-order chi connectivity index (χ1) is 9.52. The van der Waals surface area contributed by atoms with Gasteiger partial charge in [-0.05, 0) is 38.5 Å². The summed E-state index contributed by atoms with van der Waals surface area (Å²) in [6.45, 7) is 5.47. The van der Waals surface area contributed by atoms with Gasteiger partial charge in [0.1, 0.15) is 0 Å². The molecule has 0 saturated heterocycles. The number of sulfonamides is 1. The fourth-order valence-electron chi connectivity index (χ4n) is 1.49. The van der Waals surface area contributed by atoms with Crippen molar-refractivity contribution in [2.24, 2.45) is 11.1 Å². The zero-order valence-corrected chi connectivity index (χ0v) is 13.9. The third-order valence-corrected chi connectivity index (χ3v) is 5.17. The highest BCUT2D eigenvalue weighted by atomic mass is 32.2. The third kappa shape index (κ3) is 3.81. The first-order valence-electron chi connectivity index (χ1n) is 6.57. The van der Waals surface area contributed by atoms with Gasteiger partial charge in [-0.25, -0.2) is 12.7 Å². The van der Waals surface area contributed by atoms with Crippen molar-refractivity contribution < 1.29 is 13.2 Å². The molecule has 0 aromatic heterocycles. The molecule has 0 saturated carbocycles. The summed E-state index contributed by atoms with van der Waals surface area (Å²) in [5.41, 5.74) is 6.12. The molecule has 6 nitrogen and oxygen atoms in total. The molecule has 3 N–H and O–H groups in total. The molecule has 0 atom stereocenters. The minimum Gasteiger partial charge on any atom is -0.329 e. The Bertz CT molecular complexity index is 637. The molecule has 7 heteroatoms. The van der Waals surface area contributed by atoms with Gasteiger partial charge in [-0.2, -0.15) is 0 Å². The second kappa shape index (κ2) is 6.13. The van der Waals surface area contributed by atoms with Crippen molar-refractivity contribution >= 4 is 21.6 Å². The summed E-state index contributed by atoms with van der Waals surface area (Å²) in [4.78, 5) is 12.3. The molecule has 0 radical (unpaired) electrons. The van der Waals surface area contributed by atoms with Crippen LogP contribution in [0.4, 0.5) is 5.69 Å². The molecule has 0 bridgehead atoms. The number of benzene rings is 1. The van der Waals surface area contributed by atoms with Gasteiger partial charge in [-0.3, -0.25) is 4.79 Å². The fourth-order valence-corrected chi connectivity index (χ4v) is 2.42. The second-order valence-electron chi connectivity index (χ2n) is 5.81. The van der Waals surface area contributed by atoms with Crippen molar-refractivity contribution in [1.29, 1.82) is 0 Å². The summed E-state index contributed by atoms with van der Waals surface area (Å²) in [6.07, 6.45) is 0. The summed E-state index contributed by atoms with van der Waals surface area (Å²) in [5, 5.41) is 2.75. The molecule has 1 rings (SSSR count). The largest absolute Gasteiger partial charge is 0.329 e. The number of nitrogens with zero attached hydrogens (tertiary/aromatic N) is 1. The smallest absolute Gasteiger partial charge is 0.242 e. The highest BCUT2D eigenvalue weighted by Crippen LogP contribution is 2.24. The topological polar surface area (TPSA) is 92.5 Å². The first kappa shape index (κ1) is 17.6. The lowest BCUT2D eigenvalue weighted by molar-refractivity contribution is -0.123. The molecule has 21 heavy (non-hydrogen) atoms. The van der Waals surface area contributed by atoms with Crippen LogP contribution in [0.5, 0.6) is 0 Å². The molecule has 1 aromatic carbocycles. The number of hydrogen-bond acceptors (Lipinski definition) is 4. The lowest BCUT2D eigenvalue weighted by Crippen LogP contribution is -2.37. The van der Waals surface area contributed by atoms with Crippen LogP contribution in [0.15, 0.2) is 23.1 Å². The van der Waals surface area contributed by atoms with E-state index in [-0.39, 0.29) is 17.3 Å². The van der Waals surface area contributed by atoms with Crippen LogP contribution in [0.25, 0.3) is 0 Å². The summed E-state index contributed by atoms with van der Waals surface area (Å²) < 4.78 is 25.4. The van der Waals surface area contributed by atoms with E-state index in [2.05, 4.69) is 5.32 Å². The van der Waals surface area contributed by atoms with E-state index in [0.717, 1.165) is 9.87 Å². The molecule has 118 valence electrons. The van der Waals surface area contributed by atoms with Gasteiger partial charge in [0.2, 0.25) is 15.9 Å². The van der Waals surface area contributed by atoms with Crippen molar-refractivity contribution in [3.8, 4) is 0 Å². The number of carbonyl (C=O) groups excluding carboxylic acids is 1. The van der Waals surface area contributed by atoms with E-state index in [1.165, 1.54) is 26.2 Å². The van der Waals surface area contributed by atoms with Crippen LogP contribution >= 0.6 is 0 Å². The monoisotopic (exact) mass is 313 g/mol. The zero-order chi connectivity index (χ0) is 16.4. The van der Waals surface area contributed by atoms with Gasteiger partial charge in [-0.1, -0.05) is 6.07 Å². The van der Waals surface area contributed by atoms with E-state index in [9.17, 15) is 13.2 Å². The van der Waals surface area contributed by atoms with Crippen LogP contribution < -0.4 is 11.1 Å². The first-order valence-corrected chi connectivity index (χ1v) is 8.01.